The van der Waals surface area contributed by atoms with Gasteiger partial charge in [-0.1, -0.05) is 41.9 Å². The molecule has 4 rings (SSSR count). The van der Waals surface area contributed by atoms with E-state index in [9.17, 15) is 4.79 Å². The van der Waals surface area contributed by atoms with Crippen molar-refractivity contribution < 1.29 is 4.79 Å². The zero-order valence-electron chi connectivity index (χ0n) is 16.0. The maximum absolute atomic E-state index is 12.6. The molecule has 0 atom stereocenters. The van der Waals surface area contributed by atoms with Gasteiger partial charge in [0.05, 0.1) is 34.9 Å². The highest BCUT2D eigenvalue weighted by Crippen LogP contribution is 2.27. The fourth-order valence-electron chi connectivity index (χ4n) is 3.13. The summed E-state index contributed by atoms with van der Waals surface area (Å²) in [6.45, 7) is 3.84. The van der Waals surface area contributed by atoms with Crippen molar-refractivity contribution >= 4 is 34.5 Å². The van der Waals surface area contributed by atoms with Crippen LogP contribution < -0.4 is 5.32 Å². The number of aromatic nitrogens is 3. The Morgan fingerprint density at radius 1 is 1.14 bits per heavy atom. The number of thiazole rings is 1. The summed E-state index contributed by atoms with van der Waals surface area (Å²) in [5.74, 6) is -0.119. The number of carbonyl (C=O) groups excluding carboxylic acids is 1. The van der Waals surface area contributed by atoms with Crippen LogP contribution in [0.4, 0.5) is 5.69 Å². The van der Waals surface area contributed by atoms with Gasteiger partial charge in [0, 0.05) is 16.0 Å². The quantitative estimate of drug-likeness (QED) is 0.465. The molecule has 0 aliphatic rings. The van der Waals surface area contributed by atoms with Crippen LogP contribution in [-0.4, -0.2) is 20.7 Å². The van der Waals surface area contributed by atoms with E-state index in [0.717, 1.165) is 39.0 Å². The highest BCUT2D eigenvalue weighted by Gasteiger charge is 2.16. The number of halogens is 1. The number of amides is 1. The van der Waals surface area contributed by atoms with Crippen LogP contribution in [-0.2, 0) is 11.2 Å². The molecule has 2 heterocycles. The average Bonchev–Trinajstić information content (AvgIpc) is 3.28. The molecule has 0 unspecified atom stereocenters. The first-order valence-electron chi connectivity index (χ1n) is 9.13. The molecular weight excluding hydrogens is 404 g/mol. The van der Waals surface area contributed by atoms with Gasteiger partial charge in [-0.05, 0) is 38.1 Å². The molecule has 7 heteroatoms. The van der Waals surface area contributed by atoms with E-state index in [2.05, 4.69) is 15.4 Å². The van der Waals surface area contributed by atoms with E-state index in [0.29, 0.717) is 5.02 Å². The van der Waals surface area contributed by atoms with E-state index in [-0.39, 0.29) is 12.3 Å². The van der Waals surface area contributed by atoms with Crippen LogP contribution in [0.15, 0.2) is 60.0 Å². The Balaban J connectivity index is 1.49. The third-order valence-corrected chi connectivity index (χ3v) is 5.70. The number of hydrogen-bond donors (Lipinski definition) is 1. The van der Waals surface area contributed by atoms with Crippen molar-refractivity contribution in [2.75, 3.05) is 5.32 Å². The van der Waals surface area contributed by atoms with Gasteiger partial charge in [0.1, 0.15) is 5.01 Å². The smallest absolute Gasteiger partial charge is 0.230 e. The van der Waals surface area contributed by atoms with Crippen LogP contribution in [0.25, 0.3) is 16.3 Å². The van der Waals surface area contributed by atoms with Crippen LogP contribution in [0.3, 0.4) is 0 Å². The highest BCUT2D eigenvalue weighted by molar-refractivity contribution is 7.13. The normalized spacial score (nSPS) is 10.9. The van der Waals surface area contributed by atoms with Gasteiger partial charge < -0.3 is 5.32 Å². The van der Waals surface area contributed by atoms with Crippen molar-refractivity contribution in [3.8, 4) is 16.3 Å². The summed E-state index contributed by atoms with van der Waals surface area (Å²) in [7, 11) is 0. The van der Waals surface area contributed by atoms with E-state index < -0.39 is 0 Å². The summed E-state index contributed by atoms with van der Waals surface area (Å²) in [5, 5.41) is 11.0. The SMILES string of the molecule is Cc1nn(-c2ccccc2)c(C)c1NC(=O)Cc1csc(-c2cccc(Cl)c2)n1. The molecule has 1 N–H and O–H groups in total. The van der Waals surface area contributed by atoms with Gasteiger partial charge in [0.2, 0.25) is 5.91 Å². The Bertz CT molecular complexity index is 1170. The number of para-hydroxylation sites is 1. The molecule has 5 nitrogen and oxygen atoms in total. The Kier molecular flexibility index (Phi) is 5.47. The number of aryl methyl sites for hydroxylation is 1. The number of nitrogens with one attached hydrogen (secondary N) is 1. The lowest BCUT2D eigenvalue weighted by molar-refractivity contribution is -0.115. The molecule has 29 heavy (non-hydrogen) atoms. The van der Waals surface area contributed by atoms with Crippen molar-refractivity contribution in [2.45, 2.75) is 20.3 Å². The number of nitrogens with zero attached hydrogens (tertiary/aromatic N) is 3. The minimum atomic E-state index is -0.119. The molecule has 0 saturated carbocycles. The van der Waals surface area contributed by atoms with Crippen molar-refractivity contribution in [1.29, 1.82) is 0 Å². The standard InChI is InChI=1S/C22H19ClN4OS/c1-14-21(15(2)27(26-14)19-9-4-3-5-10-19)25-20(28)12-18-13-29-22(24-18)16-7-6-8-17(23)11-16/h3-11,13H,12H2,1-2H3,(H,25,28). The fourth-order valence-corrected chi connectivity index (χ4v) is 4.14. The molecule has 0 radical (unpaired) electrons. The van der Waals surface area contributed by atoms with Gasteiger partial charge in [0.25, 0.3) is 0 Å². The molecule has 2 aromatic carbocycles. The Morgan fingerprint density at radius 3 is 2.69 bits per heavy atom. The summed E-state index contributed by atoms with van der Waals surface area (Å²) in [6.07, 6.45) is 0.201. The maximum atomic E-state index is 12.6. The molecule has 0 saturated heterocycles. The van der Waals surface area contributed by atoms with Gasteiger partial charge in [-0.25, -0.2) is 9.67 Å². The second kappa shape index (κ2) is 8.19. The van der Waals surface area contributed by atoms with Crippen molar-refractivity contribution in [3.63, 3.8) is 0 Å². The summed E-state index contributed by atoms with van der Waals surface area (Å²) < 4.78 is 1.84. The van der Waals surface area contributed by atoms with E-state index in [1.165, 1.54) is 11.3 Å². The second-order valence-electron chi connectivity index (χ2n) is 6.67. The third kappa shape index (κ3) is 4.23. The van der Waals surface area contributed by atoms with Crippen LogP contribution in [0.5, 0.6) is 0 Å². The molecule has 0 fully saturated rings. The first-order valence-corrected chi connectivity index (χ1v) is 10.4. The van der Waals surface area contributed by atoms with Crippen molar-refractivity contribution in [2.24, 2.45) is 0 Å². The number of hydrogen-bond acceptors (Lipinski definition) is 4. The van der Waals surface area contributed by atoms with E-state index in [1.54, 1.807) is 0 Å². The third-order valence-electron chi connectivity index (χ3n) is 4.52. The lowest BCUT2D eigenvalue weighted by Gasteiger charge is -2.06. The zero-order valence-corrected chi connectivity index (χ0v) is 17.6. The molecule has 0 aliphatic heterocycles. The van der Waals surface area contributed by atoms with Gasteiger partial charge >= 0.3 is 0 Å². The Morgan fingerprint density at radius 2 is 1.93 bits per heavy atom. The minimum absolute atomic E-state index is 0.119. The van der Waals surface area contributed by atoms with E-state index in [4.69, 9.17) is 11.6 Å². The largest absolute Gasteiger partial charge is 0.323 e. The second-order valence-corrected chi connectivity index (χ2v) is 7.97. The van der Waals surface area contributed by atoms with Crippen LogP contribution in [0.1, 0.15) is 17.1 Å². The average molecular weight is 423 g/mol. The Hall–Kier alpha value is -2.96. The fraction of sp³-hybridized carbons (Fsp3) is 0.136. The molecule has 0 bridgehead atoms. The summed E-state index contributed by atoms with van der Waals surface area (Å²) in [6, 6.07) is 17.4. The predicted octanol–water partition coefficient (Wildman–Crippen LogP) is 5.45. The highest BCUT2D eigenvalue weighted by atomic mass is 35.5. The summed E-state index contributed by atoms with van der Waals surface area (Å²) in [4.78, 5) is 17.2. The first kappa shape index (κ1) is 19.4. The molecule has 0 aliphatic carbocycles. The molecule has 0 spiro atoms. The molecule has 146 valence electrons. The van der Waals surface area contributed by atoms with Crippen molar-refractivity contribution in [3.05, 3.63) is 82.1 Å². The lowest BCUT2D eigenvalue weighted by Crippen LogP contribution is -2.15. The van der Waals surface area contributed by atoms with Crippen LogP contribution in [0.2, 0.25) is 5.02 Å². The van der Waals surface area contributed by atoms with Gasteiger partial charge in [-0.15, -0.1) is 11.3 Å². The number of benzene rings is 2. The predicted molar refractivity (Wildman–Crippen MR) is 118 cm³/mol. The summed E-state index contributed by atoms with van der Waals surface area (Å²) in [5.41, 5.74) is 5.04. The van der Waals surface area contributed by atoms with E-state index in [1.807, 2.05) is 78.5 Å². The van der Waals surface area contributed by atoms with Crippen molar-refractivity contribution in [1.82, 2.24) is 14.8 Å². The molecule has 4 aromatic rings. The topological polar surface area (TPSA) is 59.8 Å². The Labute approximate surface area is 178 Å². The number of rotatable bonds is 5. The van der Waals surface area contributed by atoms with E-state index >= 15 is 0 Å². The number of carbonyl (C=O) groups is 1. The monoisotopic (exact) mass is 422 g/mol. The van der Waals surface area contributed by atoms with Crippen LogP contribution >= 0.6 is 22.9 Å². The molecular formula is C22H19ClN4OS. The van der Waals surface area contributed by atoms with Gasteiger partial charge in [-0.3, -0.25) is 4.79 Å². The zero-order chi connectivity index (χ0) is 20.4. The molecule has 1 amide bonds. The lowest BCUT2D eigenvalue weighted by atomic mass is 10.2. The van der Waals surface area contributed by atoms with Crippen LogP contribution in [0, 0.1) is 13.8 Å². The van der Waals surface area contributed by atoms with Gasteiger partial charge in [0.15, 0.2) is 0 Å². The minimum Gasteiger partial charge on any atom is -0.323 e. The first-order chi connectivity index (χ1) is 14.0. The van der Waals surface area contributed by atoms with Gasteiger partial charge in [-0.2, -0.15) is 5.10 Å². The number of anilines is 1. The molecule has 2 aromatic heterocycles. The summed E-state index contributed by atoms with van der Waals surface area (Å²) >= 11 is 7.56. The maximum Gasteiger partial charge on any atom is 0.230 e.